The molecule has 1 atom stereocenters. The number of nitrogens with zero attached hydrogens (tertiary/aromatic N) is 2. The van der Waals surface area contributed by atoms with Crippen LogP contribution in [0.2, 0.25) is 0 Å². The zero-order chi connectivity index (χ0) is 11.1. The van der Waals surface area contributed by atoms with E-state index >= 15 is 0 Å². The average molecular weight is 210 g/mol. The van der Waals surface area contributed by atoms with Crippen LogP contribution in [0.15, 0.2) is 0 Å². The maximum absolute atomic E-state index is 11.4. The van der Waals surface area contributed by atoms with Crippen LogP contribution >= 0.6 is 0 Å². The third kappa shape index (κ3) is 4.28. The van der Waals surface area contributed by atoms with Gasteiger partial charge in [-0.1, -0.05) is 0 Å². The van der Waals surface area contributed by atoms with Crippen LogP contribution in [0.25, 0.3) is 0 Å². The van der Waals surface area contributed by atoms with Gasteiger partial charge >= 0.3 is 0 Å². The molecule has 84 valence electrons. The second kappa shape index (κ2) is 6.38. The van der Waals surface area contributed by atoms with Crippen molar-refractivity contribution in [2.75, 3.05) is 32.7 Å². The van der Waals surface area contributed by atoms with Gasteiger partial charge < -0.3 is 11.1 Å². The number of likely N-dealkylation sites (tertiary alicyclic amines) is 1. The topological polar surface area (TPSA) is 82.2 Å². The summed E-state index contributed by atoms with van der Waals surface area (Å²) >= 11 is 0. The minimum absolute atomic E-state index is 0.00271. The molecule has 3 N–H and O–H groups in total. The second-order valence-electron chi connectivity index (χ2n) is 3.88. The molecule has 0 spiro atoms. The summed E-state index contributed by atoms with van der Waals surface area (Å²) in [4.78, 5) is 13.5. The van der Waals surface area contributed by atoms with E-state index in [9.17, 15) is 4.79 Å². The zero-order valence-corrected chi connectivity index (χ0v) is 8.91. The first kappa shape index (κ1) is 12.0. The number of carbonyl (C=O) groups excluding carboxylic acids is 1. The Bertz CT molecular complexity index is 248. The quantitative estimate of drug-likeness (QED) is 0.588. The first-order valence-electron chi connectivity index (χ1n) is 5.32. The van der Waals surface area contributed by atoms with Gasteiger partial charge in [0.15, 0.2) is 0 Å². The number of hydrogen-bond acceptors (Lipinski definition) is 4. The van der Waals surface area contributed by atoms with Crippen molar-refractivity contribution < 1.29 is 4.79 Å². The molecule has 5 heteroatoms. The van der Waals surface area contributed by atoms with Crippen molar-refractivity contribution in [3.05, 3.63) is 0 Å². The third-order valence-electron chi connectivity index (χ3n) is 2.63. The smallest absolute Gasteiger partial charge is 0.234 e. The first-order valence-corrected chi connectivity index (χ1v) is 5.32. The van der Waals surface area contributed by atoms with Crippen molar-refractivity contribution in [3.63, 3.8) is 0 Å². The van der Waals surface area contributed by atoms with E-state index in [1.54, 1.807) is 0 Å². The lowest BCUT2D eigenvalue weighted by Crippen LogP contribution is -2.36. The van der Waals surface area contributed by atoms with Gasteiger partial charge in [0.05, 0.1) is 19.0 Å². The summed E-state index contributed by atoms with van der Waals surface area (Å²) in [5.74, 6) is 0.542. The molecule has 1 rings (SSSR count). The Morgan fingerprint density at radius 2 is 2.47 bits per heavy atom. The lowest BCUT2D eigenvalue weighted by molar-refractivity contribution is -0.122. The number of nitriles is 1. The summed E-state index contributed by atoms with van der Waals surface area (Å²) in [6.45, 7) is 3.45. The molecule has 0 aromatic heterocycles. The number of nitrogens with one attached hydrogen (secondary N) is 1. The molecule has 1 unspecified atom stereocenters. The van der Waals surface area contributed by atoms with Gasteiger partial charge in [0.25, 0.3) is 0 Å². The SMILES string of the molecule is N#CCCNC(=O)CN1CCC(CN)C1. The summed E-state index contributed by atoms with van der Waals surface area (Å²) in [5.41, 5.74) is 5.56. The monoisotopic (exact) mass is 210 g/mol. The van der Waals surface area contributed by atoms with E-state index in [0.717, 1.165) is 19.5 Å². The van der Waals surface area contributed by atoms with Crippen LogP contribution in [-0.4, -0.2) is 43.5 Å². The fourth-order valence-corrected chi connectivity index (χ4v) is 1.77. The number of hydrogen-bond donors (Lipinski definition) is 2. The highest BCUT2D eigenvalue weighted by molar-refractivity contribution is 5.78. The Kier molecular flexibility index (Phi) is 5.08. The van der Waals surface area contributed by atoms with Crippen LogP contribution in [0, 0.1) is 17.2 Å². The predicted octanol–water partition coefficient (Wildman–Crippen LogP) is -0.703. The van der Waals surface area contributed by atoms with Gasteiger partial charge in [0.2, 0.25) is 5.91 Å². The molecule has 1 heterocycles. The van der Waals surface area contributed by atoms with Crippen molar-refractivity contribution in [2.24, 2.45) is 11.7 Å². The predicted molar refractivity (Wildman–Crippen MR) is 56.8 cm³/mol. The van der Waals surface area contributed by atoms with Crippen molar-refractivity contribution in [3.8, 4) is 6.07 Å². The highest BCUT2D eigenvalue weighted by atomic mass is 16.2. The fraction of sp³-hybridized carbons (Fsp3) is 0.800. The molecule has 0 aromatic carbocycles. The molecule has 1 amide bonds. The number of rotatable bonds is 5. The summed E-state index contributed by atoms with van der Waals surface area (Å²) in [6, 6.07) is 1.99. The van der Waals surface area contributed by atoms with Crippen LogP contribution in [0.4, 0.5) is 0 Å². The largest absolute Gasteiger partial charge is 0.354 e. The van der Waals surface area contributed by atoms with E-state index in [0.29, 0.717) is 32.0 Å². The highest BCUT2D eigenvalue weighted by Crippen LogP contribution is 2.13. The molecular formula is C10H18N4O. The van der Waals surface area contributed by atoms with E-state index in [2.05, 4.69) is 10.2 Å². The maximum atomic E-state index is 11.4. The first-order chi connectivity index (χ1) is 7.26. The van der Waals surface area contributed by atoms with Gasteiger partial charge in [0.1, 0.15) is 0 Å². The Balaban J connectivity index is 2.13. The summed E-state index contributed by atoms with van der Waals surface area (Å²) in [5, 5.41) is 11.0. The Morgan fingerprint density at radius 1 is 1.67 bits per heavy atom. The Hall–Kier alpha value is -1.12. The Morgan fingerprint density at radius 3 is 3.07 bits per heavy atom. The van der Waals surface area contributed by atoms with Crippen LogP contribution in [0.5, 0.6) is 0 Å². The van der Waals surface area contributed by atoms with Crippen molar-refractivity contribution in [1.82, 2.24) is 10.2 Å². The van der Waals surface area contributed by atoms with Crippen LogP contribution in [-0.2, 0) is 4.79 Å². The molecule has 0 aliphatic carbocycles. The van der Waals surface area contributed by atoms with Crippen molar-refractivity contribution in [2.45, 2.75) is 12.8 Å². The lowest BCUT2D eigenvalue weighted by atomic mass is 10.1. The maximum Gasteiger partial charge on any atom is 0.234 e. The molecule has 15 heavy (non-hydrogen) atoms. The molecule has 0 aromatic rings. The third-order valence-corrected chi connectivity index (χ3v) is 2.63. The highest BCUT2D eigenvalue weighted by Gasteiger charge is 2.22. The number of nitrogens with two attached hydrogens (primary N) is 1. The normalized spacial score (nSPS) is 21.2. The van der Waals surface area contributed by atoms with Crippen LogP contribution in [0.1, 0.15) is 12.8 Å². The van der Waals surface area contributed by atoms with E-state index in [-0.39, 0.29) is 5.91 Å². The van der Waals surface area contributed by atoms with Gasteiger partial charge in [-0.3, -0.25) is 9.69 Å². The molecular weight excluding hydrogens is 192 g/mol. The van der Waals surface area contributed by atoms with E-state index in [4.69, 9.17) is 11.0 Å². The fourth-order valence-electron chi connectivity index (χ4n) is 1.77. The molecule has 5 nitrogen and oxygen atoms in total. The second-order valence-corrected chi connectivity index (χ2v) is 3.88. The van der Waals surface area contributed by atoms with Gasteiger partial charge in [-0.05, 0) is 25.4 Å². The molecule has 0 bridgehead atoms. The van der Waals surface area contributed by atoms with Crippen molar-refractivity contribution in [1.29, 1.82) is 5.26 Å². The average Bonchev–Trinajstić information content (AvgIpc) is 2.66. The minimum Gasteiger partial charge on any atom is -0.354 e. The summed E-state index contributed by atoms with van der Waals surface area (Å²) in [6.07, 6.45) is 1.46. The summed E-state index contributed by atoms with van der Waals surface area (Å²) < 4.78 is 0. The molecule has 1 saturated heterocycles. The standard InChI is InChI=1S/C10H18N4O/c11-3-1-4-13-10(15)8-14-5-2-9(6-12)7-14/h9H,1-2,4-8,12H2,(H,13,15). The van der Waals surface area contributed by atoms with Crippen molar-refractivity contribution >= 4 is 5.91 Å². The van der Waals surface area contributed by atoms with Gasteiger partial charge in [-0.25, -0.2) is 0 Å². The van der Waals surface area contributed by atoms with Gasteiger partial charge in [0, 0.05) is 13.1 Å². The van der Waals surface area contributed by atoms with E-state index in [1.165, 1.54) is 0 Å². The van der Waals surface area contributed by atoms with E-state index in [1.807, 2.05) is 6.07 Å². The molecule has 1 fully saturated rings. The van der Waals surface area contributed by atoms with Gasteiger partial charge in [-0.2, -0.15) is 5.26 Å². The Labute approximate surface area is 90.2 Å². The van der Waals surface area contributed by atoms with Crippen LogP contribution < -0.4 is 11.1 Å². The van der Waals surface area contributed by atoms with Crippen LogP contribution in [0.3, 0.4) is 0 Å². The molecule has 1 aliphatic rings. The zero-order valence-electron chi connectivity index (χ0n) is 8.91. The number of amides is 1. The molecule has 1 aliphatic heterocycles. The molecule has 0 saturated carbocycles. The molecule has 0 radical (unpaired) electrons. The van der Waals surface area contributed by atoms with E-state index < -0.39 is 0 Å². The van der Waals surface area contributed by atoms with Gasteiger partial charge in [-0.15, -0.1) is 0 Å². The minimum atomic E-state index is 0.00271. The number of carbonyl (C=O) groups is 1. The summed E-state index contributed by atoms with van der Waals surface area (Å²) in [7, 11) is 0. The lowest BCUT2D eigenvalue weighted by Gasteiger charge is -2.14.